The summed E-state index contributed by atoms with van der Waals surface area (Å²) in [5.41, 5.74) is 0.616. The lowest BCUT2D eigenvalue weighted by molar-refractivity contribution is -0.146. The molecule has 4 aliphatic rings. The highest BCUT2D eigenvalue weighted by atomic mass is 16.5. The predicted molar refractivity (Wildman–Crippen MR) is 105 cm³/mol. The van der Waals surface area contributed by atoms with Gasteiger partial charge in [-0.25, -0.2) is 0 Å². The predicted octanol–water partition coefficient (Wildman–Crippen LogP) is 3.00. The maximum absolute atomic E-state index is 13.1. The molecule has 28 heavy (non-hydrogen) atoms. The molecule has 0 radical (unpaired) electrons. The number of rotatable bonds is 6. The quantitative estimate of drug-likeness (QED) is 0.606. The molecule has 6 nitrogen and oxygen atoms in total. The largest absolute Gasteiger partial charge is 0.494 e. The van der Waals surface area contributed by atoms with Crippen LogP contribution < -0.4 is 10.1 Å². The number of imide groups is 1. The average molecular weight is 382 g/mol. The Bertz CT molecular complexity index is 784. The Kier molecular flexibility index (Phi) is 4.96. The lowest BCUT2D eigenvalue weighted by Crippen LogP contribution is -2.47. The third-order valence-electron chi connectivity index (χ3n) is 6.23. The van der Waals surface area contributed by atoms with E-state index in [1.165, 1.54) is 4.90 Å². The van der Waals surface area contributed by atoms with Crippen LogP contribution in [-0.4, -0.2) is 35.3 Å². The second kappa shape index (κ2) is 7.41. The number of fused-ring (bicyclic) bond motifs is 1. The van der Waals surface area contributed by atoms with Crippen LogP contribution in [0.5, 0.6) is 5.75 Å². The van der Waals surface area contributed by atoms with Crippen molar-refractivity contribution >= 4 is 23.4 Å². The molecular formula is C22H26N2O4. The molecule has 1 saturated heterocycles. The van der Waals surface area contributed by atoms with E-state index in [0.29, 0.717) is 18.7 Å². The second-order valence-corrected chi connectivity index (χ2v) is 7.76. The van der Waals surface area contributed by atoms with E-state index < -0.39 is 6.04 Å². The first kappa shape index (κ1) is 18.7. The summed E-state index contributed by atoms with van der Waals surface area (Å²) in [4.78, 5) is 40.3. The SMILES string of the molecule is CCOc1ccc(NC(=O)[C@H](CC)N2C(=O)[C@@H]3[C@@H](C2=O)[C@H]2C=C[C@H]3CC2)cc1. The molecule has 1 aromatic carbocycles. The summed E-state index contributed by atoms with van der Waals surface area (Å²) in [6, 6.07) is 6.30. The normalized spacial score (nSPS) is 29.0. The number of nitrogens with one attached hydrogen (secondary N) is 1. The Labute approximate surface area is 164 Å². The van der Waals surface area contributed by atoms with E-state index in [4.69, 9.17) is 4.74 Å². The van der Waals surface area contributed by atoms with Gasteiger partial charge in [0, 0.05) is 5.69 Å². The van der Waals surface area contributed by atoms with Crippen LogP contribution >= 0.6 is 0 Å². The molecule has 3 aliphatic carbocycles. The molecule has 5 rings (SSSR count). The Morgan fingerprint density at radius 1 is 1.07 bits per heavy atom. The zero-order valence-electron chi connectivity index (χ0n) is 16.3. The van der Waals surface area contributed by atoms with Crippen LogP contribution in [0.4, 0.5) is 5.69 Å². The summed E-state index contributed by atoms with van der Waals surface area (Å²) in [5, 5.41) is 2.84. The van der Waals surface area contributed by atoms with Crippen LogP contribution in [0.1, 0.15) is 33.1 Å². The smallest absolute Gasteiger partial charge is 0.247 e. The van der Waals surface area contributed by atoms with Crippen molar-refractivity contribution in [3.8, 4) is 5.75 Å². The summed E-state index contributed by atoms with van der Waals surface area (Å²) in [5.74, 6) is -0.277. The minimum Gasteiger partial charge on any atom is -0.494 e. The molecule has 3 amide bonds. The van der Waals surface area contributed by atoms with Crippen LogP contribution in [0.2, 0.25) is 0 Å². The fourth-order valence-corrected chi connectivity index (χ4v) is 4.92. The zero-order chi connectivity index (χ0) is 19.8. The van der Waals surface area contributed by atoms with Crippen LogP contribution in [0.25, 0.3) is 0 Å². The lowest BCUT2D eigenvalue weighted by Gasteiger charge is -2.38. The number of hydrogen-bond donors (Lipinski definition) is 1. The molecule has 2 fully saturated rings. The summed E-state index contributed by atoms with van der Waals surface area (Å²) in [6.07, 6.45) is 6.47. The van der Waals surface area contributed by atoms with Gasteiger partial charge in [0.25, 0.3) is 0 Å². The van der Waals surface area contributed by atoms with E-state index in [9.17, 15) is 14.4 Å². The monoisotopic (exact) mass is 382 g/mol. The highest BCUT2D eigenvalue weighted by Crippen LogP contribution is 2.50. The van der Waals surface area contributed by atoms with Gasteiger partial charge in [-0.1, -0.05) is 19.1 Å². The van der Waals surface area contributed by atoms with Gasteiger partial charge >= 0.3 is 0 Å². The molecule has 1 heterocycles. The standard InChI is InChI=1S/C22H26N2O4/c1-3-17(20(25)23-15-9-11-16(12-10-15)28-4-2)24-21(26)18-13-5-6-14(8-7-13)19(18)22(24)27/h5-6,9-14,17-19H,3-4,7-8H2,1-2H3,(H,23,25)/t13-,14-,17-,18-,19-/m0/s1. The van der Waals surface area contributed by atoms with Gasteiger partial charge in [-0.2, -0.15) is 0 Å². The number of carbonyl (C=O) groups is 3. The van der Waals surface area contributed by atoms with Crippen molar-refractivity contribution < 1.29 is 19.1 Å². The molecule has 0 unspecified atom stereocenters. The summed E-state index contributed by atoms with van der Waals surface area (Å²) in [7, 11) is 0. The summed E-state index contributed by atoms with van der Waals surface area (Å²) < 4.78 is 5.41. The van der Waals surface area contributed by atoms with E-state index in [2.05, 4.69) is 17.5 Å². The maximum Gasteiger partial charge on any atom is 0.247 e. The number of amides is 3. The van der Waals surface area contributed by atoms with Crippen LogP contribution in [0, 0.1) is 23.7 Å². The van der Waals surface area contributed by atoms with Gasteiger partial charge in [0.2, 0.25) is 17.7 Å². The highest BCUT2D eigenvalue weighted by molar-refractivity contribution is 6.10. The first-order chi connectivity index (χ1) is 13.5. The van der Waals surface area contributed by atoms with Crippen molar-refractivity contribution in [2.75, 3.05) is 11.9 Å². The number of nitrogens with zero attached hydrogens (tertiary/aromatic N) is 1. The number of anilines is 1. The number of ether oxygens (including phenoxy) is 1. The first-order valence-electron chi connectivity index (χ1n) is 10.1. The molecule has 2 bridgehead atoms. The Hall–Kier alpha value is -2.63. The number of hydrogen-bond acceptors (Lipinski definition) is 4. The molecule has 6 heteroatoms. The average Bonchev–Trinajstić information content (AvgIpc) is 2.99. The lowest BCUT2D eigenvalue weighted by atomic mass is 9.63. The van der Waals surface area contributed by atoms with Gasteiger partial charge in [-0.3, -0.25) is 19.3 Å². The topological polar surface area (TPSA) is 75.7 Å². The van der Waals surface area contributed by atoms with Gasteiger partial charge in [0.1, 0.15) is 11.8 Å². The second-order valence-electron chi connectivity index (χ2n) is 7.76. The zero-order valence-corrected chi connectivity index (χ0v) is 16.3. The minimum atomic E-state index is -0.781. The maximum atomic E-state index is 13.1. The highest BCUT2D eigenvalue weighted by Gasteiger charge is 2.58. The molecule has 0 aromatic heterocycles. The number of likely N-dealkylation sites (tertiary alicyclic amines) is 1. The molecule has 1 saturated carbocycles. The minimum absolute atomic E-state index is 0.128. The van der Waals surface area contributed by atoms with E-state index in [0.717, 1.165) is 18.6 Å². The van der Waals surface area contributed by atoms with Crippen LogP contribution in [0.3, 0.4) is 0 Å². The van der Waals surface area contributed by atoms with Gasteiger partial charge in [-0.15, -0.1) is 0 Å². The van der Waals surface area contributed by atoms with Gasteiger partial charge in [-0.05, 0) is 62.3 Å². The van der Waals surface area contributed by atoms with E-state index >= 15 is 0 Å². The summed E-state index contributed by atoms with van der Waals surface area (Å²) in [6.45, 7) is 4.31. The Balaban J connectivity index is 1.51. The van der Waals surface area contributed by atoms with E-state index in [1.807, 2.05) is 13.8 Å². The van der Waals surface area contributed by atoms with Crippen LogP contribution in [0.15, 0.2) is 36.4 Å². The fraction of sp³-hybridized carbons (Fsp3) is 0.500. The van der Waals surface area contributed by atoms with Crippen molar-refractivity contribution in [1.29, 1.82) is 0 Å². The van der Waals surface area contributed by atoms with E-state index in [-0.39, 0.29) is 41.4 Å². The third kappa shape index (κ3) is 3.01. The number of allylic oxidation sites excluding steroid dienone is 2. The number of benzene rings is 1. The summed E-state index contributed by atoms with van der Waals surface area (Å²) >= 11 is 0. The van der Waals surface area contributed by atoms with Gasteiger partial charge < -0.3 is 10.1 Å². The van der Waals surface area contributed by atoms with Crippen molar-refractivity contribution in [3.63, 3.8) is 0 Å². The van der Waals surface area contributed by atoms with E-state index in [1.54, 1.807) is 24.3 Å². The van der Waals surface area contributed by atoms with Crippen molar-refractivity contribution in [3.05, 3.63) is 36.4 Å². The molecule has 5 atom stereocenters. The van der Waals surface area contributed by atoms with Gasteiger partial charge in [0.15, 0.2) is 0 Å². The van der Waals surface area contributed by atoms with Crippen molar-refractivity contribution in [1.82, 2.24) is 4.90 Å². The first-order valence-corrected chi connectivity index (χ1v) is 10.1. The molecule has 1 aromatic rings. The Morgan fingerprint density at radius 2 is 1.64 bits per heavy atom. The van der Waals surface area contributed by atoms with Crippen molar-refractivity contribution in [2.45, 2.75) is 39.2 Å². The Morgan fingerprint density at radius 3 is 2.11 bits per heavy atom. The number of carbonyl (C=O) groups excluding carboxylic acids is 3. The fourth-order valence-electron chi connectivity index (χ4n) is 4.92. The molecular weight excluding hydrogens is 356 g/mol. The van der Waals surface area contributed by atoms with Crippen LogP contribution in [-0.2, 0) is 14.4 Å². The molecule has 0 spiro atoms. The molecule has 1 N–H and O–H groups in total. The molecule has 148 valence electrons. The van der Waals surface area contributed by atoms with Crippen molar-refractivity contribution in [2.24, 2.45) is 23.7 Å². The third-order valence-corrected chi connectivity index (χ3v) is 6.23. The van der Waals surface area contributed by atoms with Gasteiger partial charge in [0.05, 0.1) is 18.4 Å². The molecule has 1 aliphatic heterocycles.